The van der Waals surface area contributed by atoms with Crippen LogP contribution in [0.2, 0.25) is 0 Å². The molecule has 0 bridgehead atoms. The summed E-state index contributed by atoms with van der Waals surface area (Å²) in [6.45, 7) is 6.12. The van der Waals surface area contributed by atoms with Crippen LogP contribution in [0.5, 0.6) is 11.5 Å². The van der Waals surface area contributed by atoms with Crippen molar-refractivity contribution in [1.82, 2.24) is 9.72 Å². The molecule has 3 aromatic rings. The van der Waals surface area contributed by atoms with Gasteiger partial charge >= 0.3 is 5.97 Å². The molecule has 0 fully saturated rings. The number of benzene rings is 1. The van der Waals surface area contributed by atoms with Crippen molar-refractivity contribution in [2.24, 2.45) is 0 Å². The minimum absolute atomic E-state index is 0.0801. The predicted octanol–water partition coefficient (Wildman–Crippen LogP) is 3.88. The van der Waals surface area contributed by atoms with E-state index in [-0.39, 0.29) is 13.4 Å². The summed E-state index contributed by atoms with van der Waals surface area (Å²) in [7, 11) is 0. The molecule has 0 saturated carbocycles. The van der Waals surface area contributed by atoms with Crippen molar-refractivity contribution in [2.75, 3.05) is 6.79 Å². The number of ether oxygens (including phenoxy) is 3. The Morgan fingerprint density at radius 2 is 2.00 bits per heavy atom. The second kappa shape index (κ2) is 7.26. The van der Waals surface area contributed by atoms with E-state index in [9.17, 15) is 4.79 Å². The standard InChI is InChI=1S/C21H20N2O5/c1-13-8-16(4-7-21(24)25-11-17-9-14(2)28-22-17)15(3)23(13)18-5-6-19-20(10-18)27-12-26-19/h4-10H,11-12H2,1-3H3/b7-4+. The van der Waals surface area contributed by atoms with Crippen LogP contribution in [0.25, 0.3) is 11.8 Å². The van der Waals surface area contributed by atoms with Gasteiger partial charge in [-0.1, -0.05) is 5.16 Å². The van der Waals surface area contributed by atoms with Gasteiger partial charge in [0.05, 0.1) is 0 Å². The topological polar surface area (TPSA) is 75.7 Å². The van der Waals surface area contributed by atoms with Gasteiger partial charge in [0.1, 0.15) is 18.1 Å². The zero-order valence-electron chi connectivity index (χ0n) is 15.9. The van der Waals surface area contributed by atoms with Gasteiger partial charge in [0.25, 0.3) is 0 Å². The van der Waals surface area contributed by atoms with Gasteiger partial charge in [-0.3, -0.25) is 0 Å². The third-order valence-electron chi connectivity index (χ3n) is 4.52. The highest BCUT2D eigenvalue weighted by Crippen LogP contribution is 2.35. The Balaban J connectivity index is 1.49. The molecule has 1 aromatic carbocycles. The van der Waals surface area contributed by atoms with Crippen molar-refractivity contribution >= 4 is 12.0 Å². The summed E-state index contributed by atoms with van der Waals surface area (Å²) in [6.07, 6.45) is 3.17. The van der Waals surface area contributed by atoms with Gasteiger partial charge in [0.15, 0.2) is 11.5 Å². The van der Waals surface area contributed by atoms with Crippen LogP contribution in [-0.4, -0.2) is 22.5 Å². The van der Waals surface area contributed by atoms with Crippen molar-refractivity contribution in [3.63, 3.8) is 0 Å². The van der Waals surface area contributed by atoms with E-state index in [1.165, 1.54) is 6.08 Å². The van der Waals surface area contributed by atoms with Gasteiger partial charge in [-0.2, -0.15) is 0 Å². The third kappa shape index (κ3) is 3.51. The molecule has 0 spiro atoms. The Labute approximate surface area is 162 Å². The number of carbonyl (C=O) groups excluding carboxylic acids is 1. The molecule has 28 heavy (non-hydrogen) atoms. The highest BCUT2D eigenvalue weighted by atomic mass is 16.7. The molecule has 1 aliphatic rings. The first kappa shape index (κ1) is 17.9. The van der Waals surface area contributed by atoms with E-state index < -0.39 is 5.97 Å². The van der Waals surface area contributed by atoms with Crippen LogP contribution in [0.3, 0.4) is 0 Å². The number of hydrogen-bond donors (Lipinski definition) is 0. The maximum atomic E-state index is 12.0. The quantitative estimate of drug-likeness (QED) is 0.494. The number of nitrogens with zero attached hydrogens (tertiary/aromatic N) is 2. The number of esters is 1. The number of carbonyl (C=O) groups is 1. The molecule has 7 nitrogen and oxygen atoms in total. The van der Waals surface area contributed by atoms with Crippen LogP contribution in [-0.2, 0) is 16.1 Å². The van der Waals surface area contributed by atoms with Gasteiger partial charge in [0, 0.05) is 35.3 Å². The lowest BCUT2D eigenvalue weighted by atomic mass is 10.2. The van der Waals surface area contributed by atoms with E-state index in [2.05, 4.69) is 9.72 Å². The number of fused-ring (bicyclic) bond motifs is 1. The lowest BCUT2D eigenvalue weighted by Gasteiger charge is -2.10. The molecule has 0 radical (unpaired) electrons. The van der Waals surface area contributed by atoms with E-state index in [0.29, 0.717) is 11.5 Å². The number of hydrogen-bond acceptors (Lipinski definition) is 6. The smallest absolute Gasteiger partial charge is 0.331 e. The summed E-state index contributed by atoms with van der Waals surface area (Å²) in [5.74, 6) is 1.72. The van der Waals surface area contributed by atoms with E-state index >= 15 is 0 Å². The first-order valence-corrected chi connectivity index (χ1v) is 8.87. The molecule has 4 rings (SSSR count). The van der Waals surface area contributed by atoms with Gasteiger partial charge in [-0.05, 0) is 50.6 Å². The molecule has 1 aliphatic heterocycles. The van der Waals surface area contributed by atoms with E-state index in [1.54, 1.807) is 19.1 Å². The fourth-order valence-corrected chi connectivity index (χ4v) is 3.21. The summed E-state index contributed by atoms with van der Waals surface area (Å²) in [4.78, 5) is 12.0. The molecule has 3 heterocycles. The molecule has 144 valence electrons. The maximum Gasteiger partial charge on any atom is 0.331 e. The molecule has 7 heteroatoms. The molecule has 0 aliphatic carbocycles. The maximum absolute atomic E-state index is 12.0. The summed E-state index contributed by atoms with van der Waals surface area (Å²) in [6, 6.07) is 9.58. The molecule has 2 aromatic heterocycles. The Morgan fingerprint density at radius 1 is 1.18 bits per heavy atom. The number of rotatable bonds is 5. The first-order chi connectivity index (χ1) is 13.5. The van der Waals surface area contributed by atoms with E-state index in [4.69, 9.17) is 18.7 Å². The summed E-state index contributed by atoms with van der Waals surface area (Å²) < 4.78 is 23.1. The Morgan fingerprint density at radius 3 is 2.79 bits per heavy atom. The summed E-state index contributed by atoms with van der Waals surface area (Å²) >= 11 is 0. The van der Waals surface area contributed by atoms with Gasteiger partial charge in [0.2, 0.25) is 6.79 Å². The Hall–Kier alpha value is -3.48. The fraction of sp³-hybridized carbons (Fsp3) is 0.238. The van der Waals surface area contributed by atoms with Crippen molar-refractivity contribution in [3.05, 3.63) is 64.8 Å². The van der Waals surface area contributed by atoms with Crippen LogP contribution in [0.4, 0.5) is 0 Å². The SMILES string of the molecule is Cc1cc(COC(=O)/C=C/c2cc(C)n(-c3ccc4c(c3)OCO4)c2C)no1. The van der Waals surface area contributed by atoms with Gasteiger partial charge in [-0.25, -0.2) is 4.79 Å². The van der Waals surface area contributed by atoms with Crippen molar-refractivity contribution < 1.29 is 23.5 Å². The zero-order chi connectivity index (χ0) is 19.7. The normalized spacial score (nSPS) is 12.7. The molecule has 0 N–H and O–H groups in total. The van der Waals surface area contributed by atoms with Crippen molar-refractivity contribution in [3.8, 4) is 17.2 Å². The predicted molar refractivity (Wildman–Crippen MR) is 101 cm³/mol. The largest absolute Gasteiger partial charge is 0.456 e. The van der Waals surface area contributed by atoms with E-state index in [1.807, 2.05) is 38.1 Å². The highest BCUT2D eigenvalue weighted by molar-refractivity contribution is 5.87. The van der Waals surface area contributed by atoms with Gasteiger partial charge in [-0.15, -0.1) is 0 Å². The summed E-state index contributed by atoms with van der Waals surface area (Å²) in [5.41, 5.74) is 4.54. The van der Waals surface area contributed by atoms with Crippen LogP contribution in [0.15, 0.2) is 40.9 Å². The molecular formula is C21H20N2O5. The van der Waals surface area contributed by atoms with Crippen LogP contribution >= 0.6 is 0 Å². The summed E-state index contributed by atoms with van der Waals surface area (Å²) in [5, 5.41) is 3.79. The second-order valence-corrected chi connectivity index (χ2v) is 6.57. The zero-order valence-corrected chi connectivity index (χ0v) is 15.9. The minimum Gasteiger partial charge on any atom is -0.456 e. The van der Waals surface area contributed by atoms with Gasteiger partial charge < -0.3 is 23.3 Å². The molecule has 0 saturated heterocycles. The molecular weight excluding hydrogens is 360 g/mol. The lowest BCUT2D eigenvalue weighted by molar-refractivity contribution is -0.139. The first-order valence-electron chi connectivity index (χ1n) is 8.87. The lowest BCUT2D eigenvalue weighted by Crippen LogP contribution is -2.01. The fourth-order valence-electron chi connectivity index (χ4n) is 3.21. The molecule has 0 atom stereocenters. The molecule has 0 unspecified atom stereocenters. The average molecular weight is 380 g/mol. The Kier molecular flexibility index (Phi) is 4.65. The second-order valence-electron chi connectivity index (χ2n) is 6.57. The minimum atomic E-state index is -0.437. The molecule has 0 amide bonds. The monoisotopic (exact) mass is 380 g/mol. The van der Waals surface area contributed by atoms with Crippen molar-refractivity contribution in [2.45, 2.75) is 27.4 Å². The highest BCUT2D eigenvalue weighted by Gasteiger charge is 2.16. The van der Waals surface area contributed by atoms with Crippen LogP contribution in [0, 0.1) is 20.8 Å². The van der Waals surface area contributed by atoms with Crippen molar-refractivity contribution in [1.29, 1.82) is 0 Å². The number of aryl methyl sites for hydroxylation is 2. The number of aromatic nitrogens is 2. The third-order valence-corrected chi connectivity index (χ3v) is 4.52. The van der Waals surface area contributed by atoms with Crippen LogP contribution in [0.1, 0.15) is 28.4 Å². The Bertz CT molecular complexity index is 1060. The van der Waals surface area contributed by atoms with Crippen LogP contribution < -0.4 is 9.47 Å². The van der Waals surface area contributed by atoms with E-state index in [0.717, 1.165) is 34.1 Å². The average Bonchev–Trinajstić information content (AvgIpc) is 3.37.